The van der Waals surface area contributed by atoms with Gasteiger partial charge in [-0.3, -0.25) is 9.78 Å². The minimum atomic E-state index is 0.189. The number of carbonyl (C=O) groups is 1. The monoisotopic (exact) mass is 310 g/mol. The summed E-state index contributed by atoms with van der Waals surface area (Å²) >= 11 is 0. The SMILES string of the molecule is CCCOc1ccc(CCC(=O)N2Cc3cccnc3C2)cc1. The molecule has 23 heavy (non-hydrogen) atoms. The number of amides is 1. The predicted octanol–water partition coefficient (Wildman–Crippen LogP) is 3.35. The Hall–Kier alpha value is -2.36. The Morgan fingerprint density at radius 2 is 2.04 bits per heavy atom. The zero-order valence-electron chi connectivity index (χ0n) is 13.5. The molecule has 1 aliphatic heterocycles. The molecule has 0 saturated heterocycles. The normalized spacial score (nSPS) is 13.0. The number of fused-ring (bicyclic) bond motifs is 1. The van der Waals surface area contributed by atoms with Crippen LogP contribution in [0, 0.1) is 0 Å². The molecule has 4 nitrogen and oxygen atoms in total. The fourth-order valence-corrected chi connectivity index (χ4v) is 2.76. The van der Waals surface area contributed by atoms with Gasteiger partial charge in [-0.1, -0.05) is 25.1 Å². The molecule has 2 heterocycles. The molecule has 3 rings (SSSR count). The molecule has 4 heteroatoms. The van der Waals surface area contributed by atoms with Gasteiger partial charge in [0.15, 0.2) is 0 Å². The zero-order valence-corrected chi connectivity index (χ0v) is 13.5. The molecule has 0 radical (unpaired) electrons. The Morgan fingerprint density at radius 3 is 2.78 bits per heavy atom. The lowest BCUT2D eigenvalue weighted by Gasteiger charge is -2.15. The molecule has 2 aromatic rings. The van der Waals surface area contributed by atoms with E-state index in [0.717, 1.165) is 36.5 Å². The molecule has 0 unspecified atom stereocenters. The number of benzene rings is 1. The number of carbonyl (C=O) groups excluding carboxylic acids is 1. The number of ether oxygens (including phenoxy) is 1. The van der Waals surface area contributed by atoms with E-state index in [9.17, 15) is 4.79 Å². The van der Waals surface area contributed by atoms with E-state index < -0.39 is 0 Å². The van der Waals surface area contributed by atoms with Gasteiger partial charge >= 0.3 is 0 Å². The molecule has 1 aromatic carbocycles. The summed E-state index contributed by atoms with van der Waals surface area (Å²) in [5.74, 6) is 1.08. The highest BCUT2D eigenvalue weighted by Crippen LogP contribution is 2.21. The highest BCUT2D eigenvalue weighted by atomic mass is 16.5. The van der Waals surface area contributed by atoms with Crippen LogP contribution in [0.15, 0.2) is 42.6 Å². The van der Waals surface area contributed by atoms with Crippen LogP contribution in [0.5, 0.6) is 5.75 Å². The Labute approximate surface area is 137 Å². The van der Waals surface area contributed by atoms with Crippen molar-refractivity contribution in [3.63, 3.8) is 0 Å². The second-order valence-corrected chi connectivity index (χ2v) is 5.85. The molecule has 1 amide bonds. The highest BCUT2D eigenvalue weighted by Gasteiger charge is 2.23. The lowest BCUT2D eigenvalue weighted by molar-refractivity contribution is -0.131. The molecule has 0 N–H and O–H groups in total. The standard InChI is InChI=1S/C19H22N2O2/c1-2-12-23-17-8-5-15(6-9-17)7-10-19(22)21-13-16-4-3-11-20-18(16)14-21/h3-6,8-9,11H,2,7,10,12-14H2,1H3. The van der Waals surface area contributed by atoms with Gasteiger partial charge in [-0.25, -0.2) is 0 Å². The first-order valence-electron chi connectivity index (χ1n) is 8.18. The smallest absolute Gasteiger partial charge is 0.223 e. The van der Waals surface area contributed by atoms with E-state index in [0.29, 0.717) is 19.5 Å². The van der Waals surface area contributed by atoms with Crippen LogP contribution in [-0.4, -0.2) is 22.4 Å². The molecule has 0 bridgehead atoms. The third-order valence-electron chi connectivity index (χ3n) is 4.06. The minimum Gasteiger partial charge on any atom is -0.494 e. The van der Waals surface area contributed by atoms with Crippen LogP contribution in [0.3, 0.4) is 0 Å². The van der Waals surface area contributed by atoms with Crippen molar-refractivity contribution in [3.8, 4) is 5.75 Å². The molecule has 0 aliphatic carbocycles. The second kappa shape index (κ2) is 7.27. The third-order valence-corrected chi connectivity index (χ3v) is 4.06. The molecule has 120 valence electrons. The number of pyridine rings is 1. The molecular weight excluding hydrogens is 288 g/mol. The summed E-state index contributed by atoms with van der Waals surface area (Å²) < 4.78 is 5.57. The molecule has 0 spiro atoms. The summed E-state index contributed by atoms with van der Waals surface area (Å²) in [4.78, 5) is 18.6. The maximum absolute atomic E-state index is 12.4. The van der Waals surface area contributed by atoms with Crippen molar-refractivity contribution in [1.82, 2.24) is 9.88 Å². The largest absolute Gasteiger partial charge is 0.494 e. The summed E-state index contributed by atoms with van der Waals surface area (Å²) in [7, 11) is 0. The van der Waals surface area contributed by atoms with Crippen LogP contribution in [-0.2, 0) is 24.3 Å². The zero-order chi connectivity index (χ0) is 16.1. The summed E-state index contributed by atoms with van der Waals surface area (Å²) in [6, 6.07) is 12.0. The van der Waals surface area contributed by atoms with Gasteiger partial charge in [0.25, 0.3) is 0 Å². The molecular formula is C19H22N2O2. The molecule has 0 saturated carbocycles. The third kappa shape index (κ3) is 3.89. The quantitative estimate of drug-likeness (QED) is 0.822. The van der Waals surface area contributed by atoms with Crippen molar-refractivity contribution < 1.29 is 9.53 Å². The lowest BCUT2D eigenvalue weighted by Crippen LogP contribution is -2.25. The minimum absolute atomic E-state index is 0.189. The van der Waals surface area contributed by atoms with Crippen LogP contribution >= 0.6 is 0 Å². The first kappa shape index (κ1) is 15.5. The number of aryl methyl sites for hydroxylation is 1. The second-order valence-electron chi connectivity index (χ2n) is 5.85. The Morgan fingerprint density at radius 1 is 1.22 bits per heavy atom. The predicted molar refractivity (Wildman–Crippen MR) is 89.0 cm³/mol. The Balaban J connectivity index is 1.50. The van der Waals surface area contributed by atoms with E-state index in [2.05, 4.69) is 11.9 Å². The highest BCUT2D eigenvalue weighted by molar-refractivity contribution is 5.77. The van der Waals surface area contributed by atoms with E-state index in [4.69, 9.17) is 4.74 Å². The van der Waals surface area contributed by atoms with Crippen LogP contribution in [0.25, 0.3) is 0 Å². The van der Waals surface area contributed by atoms with Crippen molar-refractivity contribution in [2.24, 2.45) is 0 Å². The maximum atomic E-state index is 12.4. The van der Waals surface area contributed by atoms with Crippen molar-refractivity contribution in [3.05, 3.63) is 59.4 Å². The van der Waals surface area contributed by atoms with Crippen LogP contribution in [0.1, 0.15) is 36.6 Å². The summed E-state index contributed by atoms with van der Waals surface area (Å²) in [6.45, 7) is 4.15. The average Bonchev–Trinajstić information content (AvgIpc) is 3.03. The molecule has 1 aromatic heterocycles. The van der Waals surface area contributed by atoms with Gasteiger partial charge in [0, 0.05) is 19.2 Å². The first-order valence-corrected chi connectivity index (χ1v) is 8.18. The topological polar surface area (TPSA) is 42.4 Å². The van der Waals surface area contributed by atoms with Gasteiger partial charge in [-0.15, -0.1) is 0 Å². The van der Waals surface area contributed by atoms with Gasteiger partial charge in [0.1, 0.15) is 5.75 Å². The summed E-state index contributed by atoms with van der Waals surface area (Å²) in [6.07, 6.45) is 4.08. The van der Waals surface area contributed by atoms with Gasteiger partial charge in [0.05, 0.1) is 18.8 Å². The average molecular weight is 310 g/mol. The molecule has 0 atom stereocenters. The van der Waals surface area contributed by atoms with Gasteiger partial charge in [0.2, 0.25) is 5.91 Å². The summed E-state index contributed by atoms with van der Waals surface area (Å²) in [5.41, 5.74) is 3.36. The number of nitrogens with zero attached hydrogens (tertiary/aromatic N) is 2. The van der Waals surface area contributed by atoms with E-state index in [1.165, 1.54) is 5.56 Å². The van der Waals surface area contributed by atoms with Crippen molar-refractivity contribution >= 4 is 5.91 Å². The van der Waals surface area contributed by atoms with Crippen molar-refractivity contribution in [2.45, 2.75) is 39.3 Å². The summed E-state index contributed by atoms with van der Waals surface area (Å²) in [5, 5.41) is 0. The number of hydrogen-bond donors (Lipinski definition) is 0. The molecule has 0 fully saturated rings. The van der Waals surface area contributed by atoms with Crippen LogP contribution in [0.4, 0.5) is 0 Å². The van der Waals surface area contributed by atoms with E-state index in [-0.39, 0.29) is 5.91 Å². The van der Waals surface area contributed by atoms with Gasteiger partial charge < -0.3 is 9.64 Å². The van der Waals surface area contributed by atoms with Crippen LogP contribution < -0.4 is 4.74 Å². The van der Waals surface area contributed by atoms with Crippen LogP contribution in [0.2, 0.25) is 0 Å². The Bertz CT molecular complexity index is 642. The number of aromatic nitrogens is 1. The van der Waals surface area contributed by atoms with E-state index >= 15 is 0 Å². The van der Waals surface area contributed by atoms with E-state index in [1.807, 2.05) is 41.3 Å². The fourth-order valence-electron chi connectivity index (χ4n) is 2.76. The molecule has 1 aliphatic rings. The number of hydrogen-bond acceptors (Lipinski definition) is 3. The number of rotatable bonds is 6. The van der Waals surface area contributed by atoms with Crippen molar-refractivity contribution in [1.29, 1.82) is 0 Å². The van der Waals surface area contributed by atoms with E-state index in [1.54, 1.807) is 6.20 Å². The lowest BCUT2D eigenvalue weighted by atomic mass is 10.1. The first-order chi connectivity index (χ1) is 11.3. The van der Waals surface area contributed by atoms with Gasteiger partial charge in [-0.05, 0) is 42.2 Å². The fraction of sp³-hybridized carbons (Fsp3) is 0.368. The maximum Gasteiger partial charge on any atom is 0.223 e. The van der Waals surface area contributed by atoms with Gasteiger partial charge in [-0.2, -0.15) is 0 Å². The van der Waals surface area contributed by atoms with Crippen molar-refractivity contribution in [2.75, 3.05) is 6.61 Å². The Kier molecular flexibility index (Phi) is 4.91.